The molecule has 7 nitrogen and oxygen atoms in total. The van der Waals surface area contributed by atoms with Crippen LogP contribution in [0.5, 0.6) is 0 Å². The van der Waals surface area contributed by atoms with Crippen molar-refractivity contribution >= 4 is 23.4 Å². The first-order chi connectivity index (χ1) is 9.12. The Labute approximate surface area is 109 Å². The third-order valence-corrected chi connectivity index (χ3v) is 1.98. The molecule has 0 saturated carbocycles. The van der Waals surface area contributed by atoms with Gasteiger partial charge in [0.15, 0.2) is 0 Å². The molecular formula is C12H10N4O3. The quantitative estimate of drug-likeness (QED) is 0.654. The number of hydrogen-bond acceptors (Lipinski definition) is 5. The average molecular weight is 258 g/mol. The number of rotatable bonds is 4. The smallest absolute Gasteiger partial charge is 0.383 e. The second-order valence-corrected chi connectivity index (χ2v) is 3.28. The lowest BCUT2D eigenvalue weighted by atomic mass is 10.2. The highest BCUT2D eigenvalue weighted by atomic mass is 16.5. The van der Waals surface area contributed by atoms with Gasteiger partial charge in [-0.25, -0.2) is 4.79 Å². The summed E-state index contributed by atoms with van der Waals surface area (Å²) in [4.78, 5) is 29.9. The van der Waals surface area contributed by atoms with Gasteiger partial charge in [-0.3, -0.25) is 4.79 Å². The molecular weight excluding hydrogens is 248 g/mol. The van der Waals surface area contributed by atoms with E-state index in [9.17, 15) is 9.59 Å². The normalized spacial score (nSPS) is 9.00. The first-order valence-electron chi connectivity index (χ1n) is 5.34. The Morgan fingerprint density at radius 2 is 2.32 bits per heavy atom. The second-order valence-electron chi connectivity index (χ2n) is 3.28. The highest BCUT2D eigenvalue weighted by Gasteiger charge is 2.21. The van der Waals surface area contributed by atoms with Gasteiger partial charge < -0.3 is 14.9 Å². The van der Waals surface area contributed by atoms with Crippen molar-refractivity contribution in [1.82, 2.24) is 4.98 Å². The molecule has 1 aromatic heterocycles. The van der Waals surface area contributed by atoms with Gasteiger partial charge in [0.25, 0.3) is 11.5 Å². The van der Waals surface area contributed by atoms with E-state index < -0.39 is 11.9 Å². The fraction of sp³-hybridized carbons (Fsp3) is 0.250. The molecule has 7 heteroatoms. The van der Waals surface area contributed by atoms with Crippen LogP contribution in [0.15, 0.2) is 12.1 Å². The van der Waals surface area contributed by atoms with E-state index in [-0.39, 0.29) is 30.2 Å². The van der Waals surface area contributed by atoms with Gasteiger partial charge in [-0.2, -0.15) is 5.26 Å². The molecule has 1 amide bonds. The summed E-state index contributed by atoms with van der Waals surface area (Å²) >= 11 is 0. The maximum Gasteiger partial charge on any atom is 0.383 e. The fourth-order valence-corrected chi connectivity index (χ4v) is 1.23. The van der Waals surface area contributed by atoms with Gasteiger partial charge in [0.1, 0.15) is 6.42 Å². The van der Waals surface area contributed by atoms with Crippen LogP contribution in [0.4, 0.5) is 11.5 Å². The minimum atomic E-state index is -0.736. The number of nitrogens with zero attached hydrogens (tertiary/aromatic N) is 3. The van der Waals surface area contributed by atoms with E-state index in [1.807, 2.05) is 0 Å². The van der Waals surface area contributed by atoms with E-state index in [0.717, 1.165) is 0 Å². The Kier molecular flexibility index (Phi) is 5.00. The molecule has 1 heterocycles. The van der Waals surface area contributed by atoms with Gasteiger partial charge >= 0.3 is 5.97 Å². The molecule has 1 aromatic rings. The Balaban J connectivity index is 3.10. The summed E-state index contributed by atoms with van der Waals surface area (Å²) in [5, 5.41) is 10.8. The molecule has 96 valence electrons. The van der Waals surface area contributed by atoms with Gasteiger partial charge in [-0.1, -0.05) is 6.57 Å². The first-order valence-corrected chi connectivity index (χ1v) is 5.34. The summed E-state index contributed by atoms with van der Waals surface area (Å²) in [6.07, 6.45) is -0.340. The maximum atomic E-state index is 11.7. The number of pyridine rings is 1. The summed E-state index contributed by atoms with van der Waals surface area (Å²) in [6.45, 7) is 8.62. The van der Waals surface area contributed by atoms with Gasteiger partial charge in [0.05, 0.1) is 18.4 Å². The number of carbonyl (C=O) groups excluding carboxylic acids is 2. The SMILES string of the molecule is [C-]#[N+]c1ccc(NC(=O)CC#N)c(C(=O)OCC)n1. The van der Waals surface area contributed by atoms with Gasteiger partial charge in [-0.05, 0) is 19.1 Å². The molecule has 19 heavy (non-hydrogen) atoms. The number of esters is 1. The van der Waals surface area contributed by atoms with E-state index >= 15 is 0 Å². The largest absolute Gasteiger partial charge is 0.460 e. The number of anilines is 1. The number of hydrogen-bond donors (Lipinski definition) is 1. The van der Waals surface area contributed by atoms with Crippen molar-refractivity contribution in [3.63, 3.8) is 0 Å². The van der Waals surface area contributed by atoms with E-state index in [4.69, 9.17) is 16.6 Å². The lowest BCUT2D eigenvalue weighted by Gasteiger charge is -2.06. The number of aromatic nitrogens is 1. The molecule has 0 spiro atoms. The van der Waals surface area contributed by atoms with Gasteiger partial charge in [0.2, 0.25) is 5.91 Å². The third kappa shape index (κ3) is 3.79. The number of carbonyl (C=O) groups is 2. The van der Waals surface area contributed by atoms with E-state index in [1.165, 1.54) is 12.1 Å². The van der Waals surface area contributed by atoms with Crippen molar-refractivity contribution in [2.75, 3.05) is 11.9 Å². The van der Waals surface area contributed by atoms with Crippen LogP contribution in [0.25, 0.3) is 4.85 Å². The summed E-state index contributed by atoms with van der Waals surface area (Å²) < 4.78 is 4.79. The predicted molar refractivity (Wildman–Crippen MR) is 65.3 cm³/mol. The summed E-state index contributed by atoms with van der Waals surface area (Å²) in [5.41, 5.74) is -0.0345. The van der Waals surface area contributed by atoms with Crippen molar-refractivity contribution in [3.8, 4) is 6.07 Å². The van der Waals surface area contributed by atoms with E-state index in [1.54, 1.807) is 13.0 Å². The minimum absolute atomic E-state index is 0.0151. The molecule has 1 rings (SSSR count). The van der Waals surface area contributed by atoms with Crippen molar-refractivity contribution in [2.45, 2.75) is 13.3 Å². The van der Waals surface area contributed by atoms with Crippen LogP contribution in [0, 0.1) is 17.9 Å². The van der Waals surface area contributed by atoms with Crippen molar-refractivity contribution < 1.29 is 14.3 Å². The lowest BCUT2D eigenvalue weighted by molar-refractivity contribution is -0.115. The van der Waals surface area contributed by atoms with Crippen LogP contribution in [-0.4, -0.2) is 23.5 Å². The monoisotopic (exact) mass is 258 g/mol. The molecule has 0 fully saturated rings. The molecule has 0 unspecified atom stereocenters. The Hall–Kier alpha value is -2.93. The highest BCUT2D eigenvalue weighted by molar-refractivity contribution is 6.00. The minimum Gasteiger partial charge on any atom is -0.460 e. The second kappa shape index (κ2) is 6.72. The molecule has 0 aromatic carbocycles. The van der Waals surface area contributed by atoms with E-state index in [0.29, 0.717) is 0 Å². The Bertz CT molecular complexity index is 584. The molecule has 0 aliphatic rings. The molecule has 0 bridgehead atoms. The topological polar surface area (TPSA) is 96.4 Å². The zero-order valence-corrected chi connectivity index (χ0v) is 10.1. The Morgan fingerprint density at radius 1 is 1.58 bits per heavy atom. The highest BCUT2D eigenvalue weighted by Crippen LogP contribution is 2.19. The van der Waals surface area contributed by atoms with Crippen LogP contribution < -0.4 is 5.32 Å². The lowest BCUT2D eigenvalue weighted by Crippen LogP contribution is -2.16. The van der Waals surface area contributed by atoms with Crippen LogP contribution in [0.1, 0.15) is 23.8 Å². The molecule has 0 radical (unpaired) electrons. The van der Waals surface area contributed by atoms with Crippen LogP contribution in [0.2, 0.25) is 0 Å². The number of amides is 1. The standard InChI is InChI=1S/C12H10N4O3/c1-3-19-12(18)11-8(15-10(17)6-7-13)4-5-9(14-2)16-11/h4-5H,3,6H2,1H3,(H,15,17). The third-order valence-electron chi connectivity index (χ3n) is 1.98. The van der Waals surface area contributed by atoms with Crippen molar-refractivity contribution in [3.05, 3.63) is 29.2 Å². The molecule has 0 aliphatic carbocycles. The summed E-state index contributed by atoms with van der Waals surface area (Å²) in [7, 11) is 0. The van der Waals surface area contributed by atoms with Gasteiger partial charge in [0, 0.05) is 0 Å². The average Bonchev–Trinajstić information content (AvgIpc) is 2.39. The Morgan fingerprint density at radius 3 is 2.89 bits per heavy atom. The van der Waals surface area contributed by atoms with E-state index in [2.05, 4.69) is 15.1 Å². The van der Waals surface area contributed by atoms with Crippen LogP contribution in [0.3, 0.4) is 0 Å². The van der Waals surface area contributed by atoms with Crippen molar-refractivity contribution in [2.24, 2.45) is 0 Å². The first kappa shape index (κ1) is 14.1. The summed E-state index contributed by atoms with van der Waals surface area (Å²) in [5.74, 6) is -1.29. The van der Waals surface area contributed by atoms with Crippen LogP contribution in [-0.2, 0) is 9.53 Å². The van der Waals surface area contributed by atoms with Crippen LogP contribution >= 0.6 is 0 Å². The molecule has 0 atom stereocenters. The number of ether oxygens (including phenoxy) is 1. The predicted octanol–water partition coefficient (Wildman–Crippen LogP) is 1.66. The van der Waals surface area contributed by atoms with Gasteiger partial charge in [-0.15, -0.1) is 4.98 Å². The summed E-state index contributed by atoms with van der Waals surface area (Å²) in [6, 6.07) is 4.42. The number of nitrogens with one attached hydrogen (secondary N) is 1. The molecule has 0 saturated heterocycles. The van der Waals surface area contributed by atoms with Crippen molar-refractivity contribution in [1.29, 1.82) is 5.26 Å². The zero-order valence-electron chi connectivity index (χ0n) is 10.1. The maximum absolute atomic E-state index is 11.7. The molecule has 1 N–H and O–H groups in total. The fourth-order valence-electron chi connectivity index (χ4n) is 1.23. The zero-order chi connectivity index (χ0) is 14.3. The molecule has 0 aliphatic heterocycles. The number of nitriles is 1.